The van der Waals surface area contributed by atoms with Crippen molar-refractivity contribution in [3.05, 3.63) is 25.3 Å². The molecule has 6 heteroatoms. The SMILES string of the molecule is C=CC(=O)OCC1(C)COC(C(C)(CC)COC(=O)C=C)OC1. The van der Waals surface area contributed by atoms with Crippen LogP contribution in [0.2, 0.25) is 0 Å². The summed E-state index contributed by atoms with van der Waals surface area (Å²) in [5.74, 6) is -0.940. The van der Waals surface area contributed by atoms with E-state index in [-0.39, 0.29) is 13.2 Å². The number of rotatable bonds is 8. The largest absolute Gasteiger partial charge is 0.462 e. The molecule has 0 spiro atoms. The summed E-state index contributed by atoms with van der Waals surface area (Å²) >= 11 is 0. The van der Waals surface area contributed by atoms with Gasteiger partial charge in [0.05, 0.1) is 18.6 Å². The van der Waals surface area contributed by atoms with E-state index in [1.54, 1.807) is 0 Å². The average Bonchev–Trinajstić information content (AvgIpc) is 2.57. The minimum absolute atomic E-state index is 0.182. The Hall–Kier alpha value is -1.66. The molecule has 0 aromatic carbocycles. The van der Waals surface area contributed by atoms with Crippen LogP contribution in [0.4, 0.5) is 0 Å². The molecule has 130 valence electrons. The highest BCUT2D eigenvalue weighted by Crippen LogP contribution is 2.35. The molecule has 0 aromatic rings. The molecule has 0 aliphatic carbocycles. The first kappa shape index (κ1) is 19.4. The van der Waals surface area contributed by atoms with Gasteiger partial charge in [-0.2, -0.15) is 0 Å². The van der Waals surface area contributed by atoms with Crippen molar-refractivity contribution in [3.8, 4) is 0 Å². The van der Waals surface area contributed by atoms with Gasteiger partial charge >= 0.3 is 11.9 Å². The molecular formula is C17H26O6. The Morgan fingerprint density at radius 1 is 1.22 bits per heavy atom. The Bertz CT molecular complexity index is 450. The van der Waals surface area contributed by atoms with Crippen LogP contribution in [-0.4, -0.2) is 44.7 Å². The van der Waals surface area contributed by atoms with Gasteiger partial charge in [-0.05, 0) is 6.42 Å². The highest BCUT2D eigenvalue weighted by Gasteiger charge is 2.42. The van der Waals surface area contributed by atoms with Crippen LogP contribution >= 0.6 is 0 Å². The van der Waals surface area contributed by atoms with Crippen molar-refractivity contribution >= 4 is 11.9 Å². The van der Waals surface area contributed by atoms with Crippen molar-refractivity contribution in [2.75, 3.05) is 26.4 Å². The van der Waals surface area contributed by atoms with Gasteiger partial charge in [-0.3, -0.25) is 0 Å². The maximum atomic E-state index is 11.3. The fraction of sp³-hybridized carbons (Fsp3) is 0.647. The minimum atomic E-state index is -0.492. The fourth-order valence-corrected chi connectivity index (χ4v) is 2.07. The second-order valence-corrected chi connectivity index (χ2v) is 6.40. The van der Waals surface area contributed by atoms with Gasteiger partial charge in [-0.15, -0.1) is 0 Å². The highest BCUT2D eigenvalue weighted by molar-refractivity contribution is 5.81. The summed E-state index contributed by atoms with van der Waals surface area (Å²) in [6.07, 6.45) is 2.47. The number of hydrogen-bond donors (Lipinski definition) is 0. The summed E-state index contributed by atoms with van der Waals surface area (Å²) in [5, 5.41) is 0. The topological polar surface area (TPSA) is 71.1 Å². The Kier molecular flexibility index (Phi) is 6.97. The maximum Gasteiger partial charge on any atom is 0.330 e. The lowest BCUT2D eigenvalue weighted by molar-refractivity contribution is -0.280. The molecule has 1 rings (SSSR count). The molecule has 0 aromatic heterocycles. The van der Waals surface area contributed by atoms with Gasteiger partial charge in [0.1, 0.15) is 13.2 Å². The lowest BCUT2D eigenvalue weighted by Crippen LogP contribution is -2.50. The zero-order chi connectivity index (χ0) is 17.5. The number of carbonyl (C=O) groups excluding carboxylic acids is 2. The van der Waals surface area contributed by atoms with E-state index in [9.17, 15) is 9.59 Å². The monoisotopic (exact) mass is 326 g/mol. The summed E-state index contributed by atoms with van der Waals surface area (Å²) in [6.45, 7) is 13.7. The molecule has 1 aliphatic heterocycles. The minimum Gasteiger partial charge on any atom is -0.462 e. The van der Waals surface area contributed by atoms with Crippen LogP contribution in [0.15, 0.2) is 25.3 Å². The van der Waals surface area contributed by atoms with Crippen molar-refractivity contribution in [1.82, 2.24) is 0 Å². The molecule has 0 saturated carbocycles. The van der Waals surface area contributed by atoms with Gasteiger partial charge in [-0.25, -0.2) is 9.59 Å². The van der Waals surface area contributed by atoms with E-state index in [0.717, 1.165) is 12.2 Å². The number of carbonyl (C=O) groups is 2. The van der Waals surface area contributed by atoms with E-state index in [2.05, 4.69) is 13.2 Å². The van der Waals surface area contributed by atoms with Gasteiger partial charge in [0.25, 0.3) is 0 Å². The molecule has 23 heavy (non-hydrogen) atoms. The van der Waals surface area contributed by atoms with Crippen molar-refractivity contribution in [3.63, 3.8) is 0 Å². The molecule has 0 radical (unpaired) electrons. The van der Waals surface area contributed by atoms with E-state index in [4.69, 9.17) is 18.9 Å². The van der Waals surface area contributed by atoms with Crippen LogP contribution in [-0.2, 0) is 28.5 Å². The Balaban J connectivity index is 2.57. The third kappa shape index (κ3) is 5.48. The second-order valence-electron chi connectivity index (χ2n) is 6.40. The summed E-state index contributed by atoms with van der Waals surface area (Å²) in [7, 11) is 0. The Labute approximate surface area is 137 Å². The van der Waals surface area contributed by atoms with Gasteiger partial charge < -0.3 is 18.9 Å². The molecule has 1 heterocycles. The van der Waals surface area contributed by atoms with Gasteiger partial charge in [0, 0.05) is 17.6 Å². The number of esters is 2. The smallest absolute Gasteiger partial charge is 0.330 e. The van der Waals surface area contributed by atoms with Gasteiger partial charge in [0.2, 0.25) is 0 Å². The van der Waals surface area contributed by atoms with E-state index >= 15 is 0 Å². The molecule has 0 bridgehead atoms. The first-order valence-corrected chi connectivity index (χ1v) is 7.60. The molecule has 1 fully saturated rings. The fourth-order valence-electron chi connectivity index (χ4n) is 2.07. The summed E-state index contributed by atoms with van der Waals surface area (Å²) in [6, 6.07) is 0. The van der Waals surface area contributed by atoms with Crippen LogP contribution in [0.3, 0.4) is 0 Å². The molecule has 0 N–H and O–H groups in total. The second kappa shape index (κ2) is 8.26. The molecule has 1 unspecified atom stereocenters. The van der Waals surface area contributed by atoms with Crippen LogP contribution in [0.25, 0.3) is 0 Å². The zero-order valence-corrected chi connectivity index (χ0v) is 14.1. The predicted molar refractivity (Wildman–Crippen MR) is 84.5 cm³/mol. The molecule has 6 nitrogen and oxygen atoms in total. The normalized spacial score (nSPS) is 26.7. The van der Waals surface area contributed by atoms with Crippen molar-refractivity contribution in [2.45, 2.75) is 33.5 Å². The molecule has 0 amide bonds. The number of hydrogen-bond acceptors (Lipinski definition) is 6. The lowest BCUT2D eigenvalue weighted by Gasteiger charge is -2.43. The van der Waals surface area contributed by atoms with E-state index in [1.807, 2.05) is 20.8 Å². The van der Waals surface area contributed by atoms with Crippen molar-refractivity contribution in [2.24, 2.45) is 10.8 Å². The maximum absolute atomic E-state index is 11.3. The first-order chi connectivity index (χ1) is 10.8. The highest BCUT2D eigenvalue weighted by atomic mass is 16.7. The molecule has 1 atom stereocenters. The lowest BCUT2D eigenvalue weighted by atomic mass is 9.85. The van der Waals surface area contributed by atoms with E-state index in [0.29, 0.717) is 19.6 Å². The molecule has 1 aliphatic rings. The van der Waals surface area contributed by atoms with Crippen LogP contribution < -0.4 is 0 Å². The molecule has 1 saturated heterocycles. The van der Waals surface area contributed by atoms with E-state index < -0.39 is 29.1 Å². The van der Waals surface area contributed by atoms with Crippen LogP contribution in [0.5, 0.6) is 0 Å². The third-order valence-corrected chi connectivity index (χ3v) is 3.98. The van der Waals surface area contributed by atoms with E-state index in [1.165, 1.54) is 0 Å². The average molecular weight is 326 g/mol. The van der Waals surface area contributed by atoms with Crippen LogP contribution in [0.1, 0.15) is 27.2 Å². The summed E-state index contributed by atoms with van der Waals surface area (Å²) in [4.78, 5) is 22.4. The van der Waals surface area contributed by atoms with Crippen molar-refractivity contribution in [1.29, 1.82) is 0 Å². The van der Waals surface area contributed by atoms with Gasteiger partial charge in [-0.1, -0.05) is 33.9 Å². The molecular weight excluding hydrogens is 300 g/mol. The predicted octanol–water partition coefficient (Wildman–Crippen LogP) is 2.24. The Morgan fingerprint density at radius 2 is 1.74 bits per heavy atom. The standard InChI is InChI=1S/C17H26O6/c1-6-13(18)20-9-16(4)10-22-15(23-11-16)17(5,8-3)12-21-14(19)7-2/h6-7,15H,1-2,8-12H2,3-5H3. The van der Waals surface area contributed by atoms with Crippen molar-refractivity contribution < 1.29 is 28.5 Å². The summed E-state index contributed by atoms with van der Waals surface area (Å²) in [5.41, 5.74) is -0.876. The third-order valence-electron chi connectivity index (χ3n) is 3.98. The van der Waals surface area contributed by atoms with Crippen LogP contribution in [0, 0.1) is 10.8 Å². The summed E-state index contributed by atoms with van der Waals surface area (Å²) < 4.78 is 21.9. The number of ether oxygens (including phenoxy) is 4. The first-order valence-electron chi connectivity index (χ1n) is 7.60. The zero-order valence-electron chi connectivity index (χ0n) is 14.1. The quantitative estimate of drug-likeness (QED) is 0.503. The van der Waals surface area contributed by atoms with Gasteiger partial charge in [0.15, 0.2) is 6.29 Å². The Morgan fingerprint density at radius 3 is 2.22 bits per heavy atom.